The third-order valence-corrected chi connectivity index (χ3v) is 5.81. The SMILES string of the molecule is COc1nc2c(cc1C1CCN(C(=O)OC(C)(C)C)CC1)SCCC2. The Kier molecular flexibility index (Phi) is 5.46. The van der Waals surface area contributed by atoms with Crippen molar-refractivity contribution in [2.75, 3.05) is 26.0 Å². The fraction of sp³-hybridized carbons (Fsp3) is 0.684. The van der Waals surface area contributed by atoms with Gasteiger partial charge < -0.3 is 14.4 Å². The predicted molar refractivity (Wildman–Crippen MR) is 99.6 cm³/mol. The quantitative estimate of drug-likeness (QED) is 0.785. The van der Waals surface area contributed by atoms with Gasteiger partial charge in [0.25, 0.3) is 0 Å². The van der Waals surface area contributed by atoms with Crippen LogP contribution in [0.5, 0.6) is 5.88 Å². The van der Waals surface area contributed by atoms with Gasteiger partial charge >= 0.3 is 6.09 Å². The number of carbonyl (C=O) groups is 1. The number of fused-ring (bicyclic) bond motifs is 1. The Bertz CT molecular complexity index is 634. The first kappa shape index (κ1) is 18.4. The van der Waals surface area contributed by atoms with Crippen molar-refractivity contribution < 1.29 is 14.3 Å². The molecule has 0 radical (unpaired) electrons. The molecule has 0 spiro atoms. The lowest BCUT2D eigenvalue weighted by Crippen LogP contribution is -2.41. The molecule has 0 N–H and O–H groups in total. The summed E-state index contributed by atoms with van der Waals surface area (Å²) in [5.41, 5.74) is 1.92. The largest absolute Gasteiger partial charge is 0.481 e. The minimum atomic E-state index is -0.448. The number of hydrogen-bond donors (Lipinski definition) is 0. The lowest BCUT2D eigenvalue weighted by Gasteiger charge is -2.34. The number of piperidine rings is 1. The first-order valence-corrected chi connectivity index (χ1v) is 10.0. The van der Waals surface area contributed by atoms with Crippen LogP contribution in [0.25, 0.3) is 0 Å². The molecular formula is C19H28N2O3S. The van der Waals surface area contributed by atoms with Crippen LogP contribution in [-0.4, -0.2) is 47.5 Å². The van der Waals surface area contributed by atoms with Gasteiger partial charge in [-0.15, -0.1) is 11.8 Å². The molecule has 0 atom stereocenters. The number of aryl methyl sites for hydroxylation is 1. The molecule has 1 aromatic heterocycles. The smallest absolute Gasteiger partial charge is 0.410 e. The Labute approximate surface area is 154 Å². The van der Waals surface area contributed by atoms with Gasteiger partial charge in [0.1, 0.15) is 5.60 Å². The highest BCUT2D eigenvalue weighted by Gasteiger charge is 2.30. The fourth-order valence-electron chi connectivity index (χ4n) is 3.41. The van der Waals surface area contributed by atoms with Crippen LogP contribution in [0.2, 0.25) is 0 Å². The molecule has 1 amide bonds. The van der Waals surface area contributed by atoms with Gasteiger partial charge in [0.15, 0.2) is 0 Å². The maximum Gasteiger partial charge on any atom is 0.410 e. The highest BCUT2D eigenvalue weighted by molar-refractivity contribution is 7.99. The van der Waals surface area contributed by atoms with Gasteiger partial charge in [0.2, 0.25) is 5.88 Å². The van der Waals surface area contributed by atoms with E-state index in [1.165, 1.54) is 22.6 Å². The lowest BCUT2D eigenvalue weighted by atomic mass is 9.90. The highest BCUT2D eigenvalue weighted by atomic mass is 32.2. The molecular weight excluding hydrogens is 336 g/mol. The molecule has 1 fully saturated rings. The van der Waals surface area contributed by atoms with E-state index in [4.69, 9.17) is 14.5 Å². The first-order chi connectivity index (χ1) is 11.9. The number of likely N-dealkylation sites (tertiary alicyclic amines) is 1. The maximum absolute atomic E-state index is 12.2. The summed E-state index contributed by atoms with van der Waals surface area (Å²) < 4.78 is 11.1. The topological polar surface area (TPSA) is 51.7 Å². The van der Waals surface area contributed by atoms with Crippen molar-refractivity contribution in [1.29, 1.82) is 0 Å². The second-order valence-corrected chi connectivity index (χ2v) is 8.86. The fourth-order valence-corrected chi connectivity index (χ4v) is 4.44. The van der Waals surface area contributed by atoms with Crippen LogP contribution in [0, 0.1) is 0 Å². The molecule has 1 saturated heterocycles. The Balaban J connectivity index is 1.69. The van der Waals surface area contributed by atoms with Crippen molar-refractivity contribution in [3.8, 4) is 5.88 Å². The molecule has 0 aliphatic carbocycles. The number of nitrogens with zero attached hydrogens (tertiary/aromatic N) is 2. The van der Waals surface area contributed by atoms with Crippen LogP contribution in [0.15, 0.2) is 11.0 Å². The van der Waals surface area contributed by atoms with Crippen molar-refractivity contribution in [1.82, 2.24) is 9.88 Å². The summed E-state index contributed by atoms with van der Waals surface area (Å²) in [7, 11) is 1.70. The van der Waals surface area contributed by atoms with Gasteiger partial charge in [0.05, 0.1) is 12.8 Å². The van der Waals surface area contributed by atoms with E-state index in [1.807, 2.05) is 37.4 Å². The molecule has 0 saturated carbocycles. The zero-order chi connectivity index (χ0) is 18.0. The number of aromatic nitrogens is 1. The predicted octanol–water partition coefficient (Wildman–Crippen LogP) is 4.24. The van der Waals surface area contributed by atoms with Crippen LogP contribution >= 0.6 is 11.8 Å². The number of carbonyl (C=O) groups excluding carboxylic acids is 1. The van der Waals surface area contributed by atoms with E-state index in [2.05, 4.69) is 6.07 Å². The zero-order valence-corrected chi connectivity index (χ0v) is 16.4. The summed E-state index contributed by atoms with van der Waals surface area (Å²) in [5, 5.41) is 0. The average Bonchev–Trinajstić information content (AvgIpc) is 2.59. The van der Waals surface area contributed by atoms with Gasteiger partial charge in [0, 0.05) is 23.5 Å². The van der Waals surface area contributed by atoms with Crippen molar-refractivity contribution in [3.05, 3.63) is 17.3 Å². The van der Waals surface area contributed by atoms with Crippen molar-refractivity contribution >= 4 is 17.9 Å². The summed E-state index contributed by atoms with van der Waals surface area (Å²) in [5.74, 6) is 2.31. The normalized spacial score (nSPS) is 18.6. The van der Waals surface area contributed by atoms with Gasteiger partial charge in [-0.25, -0.2) is 9.78 Å². The Hall–Kier alpha value is -1.43. The van der Waals surface area contributed by atoms with Crippen molar-refractivity contribution in [2.24, 2.45) is 0 Å². The summed E-state index contributed by atoms with van der Waals surface area (Å²) in [4.78, 5) is 20.1. The van der Waals surface area contributed by atoms with Crippen LogP contribution in [0.3, 0.4) is 0 Å². The number of rotatable bonds is 2. The standard InChI is InChI=1S/C19H28N2O3S/c1-19(2,3)24-18(22)21-9-7-13(8-10-21)14-12-16-15(6-5-11-25-16)20-17(14)23-4/h12-13H,5-11H2,1-4H3. The minimum Gasteiger partial charge on any atom is -0.481 e. The van der Waals surface area contributed by atoms with Crippen molar-refractivity contribution in [2.45, 2.75) is 62.9 Å². The molecule has 2 aliphatic heterocycles. The first-order valence-electron chi connectivity index (χ1n) is 9.06. The molecule has 1 aromatic rings. The molecule has 3 heterocycles. The molecule has 5 nitrogen and oxygen atoms in total. The number of thioether (sulfide) groups is 1. The van der Waals surface area contributed by atoms with Gasteiger partial charge in [-0.2, -0.15) is 0 Å². The zero-order valence-electron chi connectivity index (χ0n) is 15.6. The van der Waals surface area contributed by atoms with Gasteiger partial charge in [-0.1, -0.05) is 0 Å². The molecule has 138 valence electrons. The second-order valence-electron chi connectivity index (χ2n) is 7.73. The van der Waals surface area contributed by atoms with E-state index in [1.54, 1.807) is 7.11 Å². The summed E-state index contributed by atoms with van der Waals surface area (Å²) in [6, 6.07) is 2.28. The summed E-state index contributed by atoms with van der Waals surface area (Å²) in [6.45, 7) is 7.14. The molecule has 6 heteroatoms. The summed E-state index contributed by atoms with van der Waals surface area (Å²) in [6.07, 6.45) is 3.84. The van der Waals surface area contributed by atoms with Crippen molar-refractivity contribution in [3.63, 3.8) is 0 Å². The minimum absolute atomic E-state index is 0.211. The third kappa shape index (κ3) is 4.40. The summed E-state index contributed by atoms with van der Waals surface area (Å²) >= 11 is 1.90. The molecule has 0 aromatic carbocycles. The monoisotopic (exact) mass is 364 g/mol. The van der Waals surface area contributed by atoms with E-state index < -0.39 is 5.60 Å². The maximum atomic E-state index is 12.2. The van der Waals surface area contributed by atoms with Crippen LogP contribution < -0.4 is 4.74 Å². The van der Waals surface area contributed by atoms with Gasteiger partial charge in [-0.05, 0) is 64.2 Å². The third-order valence-electron chi connectivity index (χ3n) is 4.65. The second kappa shape index (κ2) is 7.44. The molecule has 25 heavy (non-hydrogen) atoms. The lowest BCUT2D eigenvalue weighted by molar-refractivity contribution is 0.0204. The van der Waals surface area contributed by atoms with E-state index >= 15 is 0 Å². The van der Waals surface area contributed by atoms with E-state index in [-0.39, 0.29) is 6.09 Å². The van der Waals surface area contributed by atoms with E-state index in [0.717, 1.165) is 30.9 Å². The van der Waals surface area contributed by atoms with Crippen LogP contribution in [0.1, 0.15) is 57.2 Å². The molecule has 3 rings (SSSR count). The Morgan fingerprint density at radius 1 is 1.32 bits per heavy atom. The average molecular weight is 365 g/mol. The van der Waals surface area contributed by atoms with E-state index in [9.17, 15) is 4.79 Å². The number of pyridine rings is 1. The number of methoxy groups -OCH3 is 1. The van der Waals surface area contributed by atoms with Crippen LogP contribution in [-0.2, 0) is 11.2 Å². The van der Waals surface area contributed by atoms with Gasteiger partial charge in [-0.3, -0.25) is 0 Å². The van der Waals surface area contributed by atoms with Crippen LogP contribution in [0.4, 0.5) is 4.79 Å². The van der Waals surface area contributed by atoms with E-state index in [0.29, 0.717) is 19.0 Å². The molecule has 0 bridgehead atoms. The number of ether oxygens (including phenoxy) is 2. The molecule has 2 aliphatic rings. The highest BCUT2D eigenvalue weighted by Crippen LogP contribution is 2.39. The molecule has 0 unspecified atom stereocenters. The Morgan fingerprint density at radius 3 is 2.68 bits per heavy atom. The number of amides is 1. The number of hydrogen-bond acceptors (Lipinski definition) is 5. The Morgan fingerprint density at radius 2 is 2.04 bits per heavy atom.